The second-order valence-corrected chi connectivity index (χ2v) is 2.55. The summed E-state index contributed by atoms with van der Waals surface area (Å²) in [7, 11) is 0. The molecule has 50 valence electrons. The van der Waals surface area contributed by atoms with Crippen LogP contribution in [0.3, 0.4) is 0 Å². The van der Waals surface area contributed by atoms with Crippen molar-refractivity contribution in [1.29, 1.82) is 0 Å². The van der Waals surface area contributed by atoms with Crippen LogP contribution in [0.2, 0.25) is 0 Å². The summed E-state index contributed by atoms with van der Waals surface area (Å²) in [6, 6.07) is 0. The molecule has 0 radical (unpaired) electrons. The zero-order chi connectivity index (χ0) is 6.85. The maximum absolute atomic E-state index is 10.8. The van der Waals surface area contributed by atoms with Crippen LogP contribution in [-0.4, -0.2) is 11.6 Å². The molecule has 0 aliphatic heterocycles. The van der Waals surface area contributed by atoms with E-state index >= 15 is 0 Å². The van der Waals surface area contributed by atoms with E-state index in [4.69, 9.17) is 0 Å². The van der Waals surface area contributed by atoms with Gasteiger partial charge < -0.3 is 0 Å². The van der Waals surface area contributed by atoms with Crippen molar-refractivity contribution in [3.8, 4) is 0 Å². The molecule has 0 amide bonds. The topological polar surface area (TPSA) is 34.1 Å². The number of ketones is 2. The summed E-state index contributed by atoms with van der Waals surface area (Å²) in [5.41, 5.74) is 0. The molecule has 9 heavy (non-hydrogen) atoms. The predicted molar refractivity (Wildman–Crippen MR) is 33.0 cm³/mol. The van der Waals surface area contributed by atoms with Gasteiger partial charge in [-0.2, -0.15) is 0 Å². The highest BCUT2D eigenvalue weighted by Crippen LogP contribution is 2.26. The van der Waals surface area contributed by atoms with Crippen LogP contribution in [0, 0.1) is 5.92 Å². The predicted octanol–water partition coefficient (Wildman–Crippen LogP) is 0.945. The average Bonchev–Trinajstić information content (AvgIpc) is 1.60. The molecule has 0 spiro atoms. The van der Waals surface area contributed by atoms with E-state index in [2.05, 4.69) is 0 Å². The van der Waals surface area contributed by atoms with Gasteiger partial charge in [0.2, 0.25) is 5.78 Å². The van der Waals surface area contributed by atoms with Gasteiger partial charge in [0.05, 0.1) is 0 Å². The second-order valence-electron chi connectivity index (χ2n) is 2.55. The van der Waals surface area contributed by atoms with Crippen molar-refractivity contribution >= 4 is 11.6 Å². The van der Waals surface area contributed by atoms with E-state index in [1.807, 2.05) is 0 Å². The van der Waals surface area contributed by atoms with Gasteiger partial charge in [0.15, 0.2) is 5.78 Å². The number of carbonyl (C=O) groups excluding carboxylic acids is 2. The zero-order valence-corrected chi connectivity index (χ0v) is 5.52. The highest BCUT2D eigenvalue weighted by molar-refractivity contribution is 6.37. The van der Waals surface area contributed by atoms with Gasteiger partial charge >= 0.3 is 0 Å². The van der Waals surface area contributed by atoms with E-state index in [0.717, 1.165) is 19.3 Å². The summed E-state index contributed by atoms with van der Waals surface area (Å²) in [6.07, 6.45) is 2.97. The van der Waals surface area contributed by atoms with Gasteiger partial charge in [-0.25, -0.2) is 0 Å². The first-order valence-corrected chi connectivity index (χ1v) is 3.26. The fraction of sp³-hybridized carbons (Fsp3) is 0.714. The molecule has 1 aliphatic carbocycles. The SMILES string of the molecule is CC(=O)C(=O)C1CCC1. The Labute approximate surface area is 54.2 Å². The van der Waals surface area contributed by atoms with Crippen LogP contribution in [0.15, 0.2) is 0 Å². The molecular weight excluding hydrogens is 116 g/mol. The molecular formula is C7H10O2. The van der Waals surface area contributed by atoms with Crippen molar-refractivity contribution in [1.82, 2.24) is 0 Å². The Morgan fingerprint density at radius 3 is 2.00 bits per heavy atom. The Bertz CT molecular complexity index is 145. The Hall–Kier alpha value is -0.660. The molecule has 0 bridgehead atoms. The number of carbonyl (C=O) groups is 2. The van der Waals surface area contributed by atoms with Crippen molar-refractivity contribution < 1.29 is 9.59 Å². The number of hydrogen-bond donors (Lipinski definition) is 0. The molecule has 2 nitrogen and oxygen atoms in total. The minimum Gasteiger partial charge on any atom is -0.291 e. The first-order valence-electron chi connectivity index (χ1n) is 3.26. The molecule has 0 N–H and O–H groups in total. The minimum atomic E-state index is -0.278. The summed E-state index contributed by atoms with van der Waals surface area (Å²) in [5, 5.41) is 0. The zero-order valence-electron chi connectivity index (χ0n) is 5.52. The lowest BCUT2D eigenvalue weighted by Gasteiger charge is -2.21. The van der Waals surface area contributed by atoms with Gasteiger partial charge in [-0.3, -0.25) is 9.59 Å². The van der Waals surface area contributed by atoms with Crippen LogP contribution < -0.4 is 0 Å². The van der Waals surface area contributed by atoms with Crippen molar-refractivity contribution in [2.24, 2.45) is 5.92 Å². The Kier molecular flexibility index (Phi) is 1.65. The fourth-order valence-corrected chi connectivity index (χ4v) is 0.958. The van der Waals surface area contributed by atoms with E-state index < -0.39 is 0 Å². The minimum absolute atomic E-state index is 0.0856. The fourth-order valence-electron chi connectivity index (χ4n) is 0.958. The molecule has 1 rings (SSSR count). The first kappa shape index (κ1) is 6.46. The van der Waals surface area contributed by atoms with Crippen molar-refractivity contribution in [3.63, 3.8) is 0 Å². The first-order chi connectivity index (χ1) is 4.22. The van der Waals surface area contributed by atoms with Gasteiger partial charge in [0.25, 0.3) is 0 Å². The smallest absolute Gasteiger partial charge is 0.201 e. The molecule has 1 aliphatic rings. The van der Waals surface area contributed by atoms with Gasteiger partial charge in [-0.15, -0.1) is 0 Å². The molecule has 0 aromatic heterocycles. The molecule has 0 saturated heterocycles. The Balaban J connectivity index is 2.42. The highest BCUT2D eigenvalue weighted by atomic mass is 16.2. The van der Waals surface area contributed by atoms with E-state index in [1.165, 1.54) is 6.92 Å². The van der Waals surface area contributed by atoms with Crippen molar-refractivity contribution in [2.75, 3.05) is 0 Å². The van der Waals surface area contributed by atoms with Crippen LogP contribution in [0.1, 0.15) is 26.2 Å². The van der Waals surface area contributed by atoms with Crippen LogP contribution in [0.5, 0.6) is 0 Å². The van der Waals surface area contributed by atoms with Crippen molar-refractivity contribution in [3.05, 3.63) is 0 Å². The van der Waals surface area contributed by atoms with Crippen LogP contribution in [0.25, 0.3) is 0 Å². The second kappa shape index (κ2) is 2.29. The number of rotatable bonds is 2. The molecule has 2 heteroatoms. The molecule has 0 aromatic rings. The standard InChI is InChI=1S/C7H10O2/c1-5(8)7(9)6-3-2-4-6/h6H,2-4H2,1H3. The van der Waals surface area contributed by atoms with Gasteiger partial charge in [0, 0.05) is 12.8 Å². The summed E-state index contributed by atoms with van der Waals surface area (Å²) in [4.78, 5) is 21.2. The Morgan fingerprint density at radius 1 is 1.33 bits per heavy atom. The van der Waals surface area contributed by atoms with Crippen molar-refractivity contribution in [2.45, 2.75) is 26.2 Å². The highest BCUT2D eigenvalue weighted by Gasteiger charge is 2.27. The largest absolute Gasteiger partial charge is 0.291 e. The summed E-state index contributed by atoms with van der Waals surface area (Å²) in [5.74, 6) is -0.358. The van der Waals surface area contributed by atoms with E-state index in [0.29, 0.717) is 0 Å². The number of hydrogen-bond acceptors (Lipinski definition) is 2. The van der Waals surface area contributed by atoms with E-state index in [9.17, 15) is 9.59 Å². The maximum Gasteiger partial charge on any atom is 0.201 e. The lowest BCUT2D eigenvalue weighted by molar-refractivity contribution is -0.139. The quantitative estimate of drug-likeness (QED) is 0.516. The van der Waals surface area contributed by atoms with Gasteiger partial charge in [-0.05, 0) is 12.8 Å². The lowest BCUT2D eigenvalue weighted by atomic mass is 9.81. The summed E-state index contributed by atoms with van der Waals surface area (Å²) < 4.78 is 0. The van der Waals surface area contributed by atoms with Gasteiger partial charge in [-0.1, -0.05) is 6.42 Å². The number of Topliss-reactive ketones (excluding diaryl/α,β-unsaturated/α-hetero) is 2. The Morgan fingerprint density at radius 2 is 1.89 bits per heavy atom. The van der Waals surface area contributed by atoms with Gasteiger partial charge in [0.1, 0.15) is 0 Å². The third-order valence-corrected chi connectivity index (χ3v) is 1.82. The average molecular weight is 126 g/mol. The molecule has 0 unspecified atom stereocenters. The van der Waals surface area contributed by atoms with Crippen LogP contribution in [0.4, 0.5) is 0 Å². The lowest BCUT2D eigenvalue weighted by Crippen LogP contribution is -2.26. The van der Waals surface area contributed by atoms with Crippen LogP contribution in [-0.2, 0) is 9.59 Å². The monoisotopic (exact) mass is 126 g/mol. The third-order valence-electron chi connectivity index (χ3n) is 1.82. The summed E-state index contributed by atoms with van der Waals surface area (Å²) in [6.45, 7) is 1.35. The van der Waals surface area contributed by atoms with E-state index in [1.54, 1.807) is 0 Å². The van der Waals surface area contributed by atoms with Crippen LogP contribution >= 0.6 is 0 Å². The molecule has 1 fully saturated rings. The van der Waals surface area contributed by atoms with E-state index in [-0.39, 0.29) is 17.5 Å². The molecule has 0 atom stereocenters. The molecule has 0 heterocycles. The summed E-state index contributed by atoms with van der Waals surface area (Å²) >= 11 is 0. The normalized spacial score (nSPS) is 18.8. The maximum atomic E-state index is 10.8. The third kappa shape index (κ3) is 1.18. The molecule has 0 aromatic carbocycles. The molecule has 1 saturated carbocycles.